The van der Waals surface area contributed by atoms with Gasteiger partial charge in [0.25, 0.3) is 0 Å². The van der Waals surface area contributed by atoms with Gasteiger partial charge in [0.2, 0.25) is 0 Å². The van der Waals surface area contributed by atoms with Crippen LogP contribution in [-0.4, -0.2) is 27.9 Å². The van der Waals surface area contributed by atoms with Crippen molar-refractivity contribution in [3.8, 4) is 0 Å². The van der Waals surface area contributed by atoms with E-state index in [0.717, 1.165) is 0 Å². The summed E-state index contributed by atoms with van der Waals surface area (Å²) in [5.41, 5.74) is 0. The zero-order valence-corrected chi connectivity index (χ0v) is 9.50. The lowest BCUT2D eigenvalue weighted by atomic mass is 10.1. The fourth-order valence-corrected chi connectivity index (χ4v) is 2.46. The molecule has 1 N–H and O–H groups in total. The summed E-state index contributed by atoms with van der Waals surface area (Å²) in [7, 11) is 0. The van der Waals surface area contributed by atoms with Gasteiger partial charge in [0.15, 0.2) is 0 Å². The predicted molar refractivity (Wildman–Crippen MR) is 53.5 cm³/mol. The molecule has 0 aromatic heterocycles. The third-order valence-corrected chi connectivity index (χ3v) is 3.02. The molecule has 0 aliphatic carbocycles. The second-order valence-electron chi connectivity index (χ2n) is 4.03. The van der Waals surface area contributed by atoms with E-state index < -0.39 is 18.7 Å². The first kappa shape index (κ1) is 14.1. The molecule has 0 fully saturated rings. The van der Waals surface area contributed by atoms with Crippen molar-refractivity contribution in [2.45, 2.75) is 50.6 Å². The van der Waals surface area contributed by atoms with Crippen molar-refractivity contribution in [3.05, 3.63) is 0 Å². The minimum atomic E-state index is -4.08. The lowest BCUT2D eigenvalue weighted by Crippen LogP contribution is -2.22. The van der Waals surface area contributed by atoms with Gasteiger partial charge in [-0.05, 0) is 13.3 Å². The molecular formula is C9H17F3OS. The van der Waals surface area contributed by atoms with Crippen LogP contribution in [0.2, 0.25) is 0 Å². The number of aliphatic hydroxyl groups excluding tert-OH is 1. The summed E-state index contributed by atoms with van der Waals surface area (Å²) in [4.78, 5) is 0. The monoisotopic (exact) mass is 230 g/mol. The Kier molecular flexibility index (Phi) is 5.30. The van der Waals surface area contributed by atoms with Crippen LogP contribution < -0.4 is 0 Å². The maximum Gasteiger partial charge on any atom is 0.389 e. The Morgan fingerprint density at radius 1 is 1.29 bits per heavy atom. The van der Waals surface area contributed by atoms with E-state index in [0.29, 0.717) is 6.42 Å². The van der Waals surface area contributed by atoms with E-state index in [1.54, 1.807) is 6.92 Å². The van der Waals surface area contributed by atoms with Gasteiger partial charge in [-0.2, -0.15) is 24.9 Å². The molecule has 1 unspecified atom stereocenters. The predicted octanol–water partition coefficient (Wildman–Crippen LogP) is 3.22. The molecule has 0 bridgehead atoms. The number of thioether (sulfide) groups is 1. The van der Waals surface area contributed by atoms with Gasteiger partial charge in [-0.25, -0.2) is 0 Å². The highest BCUT2D eigenvalue weighted by Crippen LogP contribution is 2.32. The maximum atomic E-state index is 11.8. The van der Waals surface area contributed by atoms with Crippen molar-refractivity contribution >= 4 is 11.8 Å². The van der Waals surface area contributed by atoms with Crippen LogP contribution in [0.5, 0.6) is 0 Å². The molecule has 0 aromatic carbocycles. The van der Waals surface area contributed by atoms with Crippen molar-refractivity contribution in [1.82, 2.24) is 0 Å². The molecule has 5 heteroatoms. The molecule has 0 spiro atoms. The Balaban J connectivity index is 3.76. The van der Waals surface area contributed by atoms with Crippen LogP contribution >= 0.6 is 11.8 Å². The second kappa shape index (κ2) is 5.26. The Morgan fingerprint density at radius 2 is 1.79 bits per heavy atom. The Bertz CT molecular complexity index is 166. The van der Waals surface area contributed by atoms with Crippen LogP contribution in [-0.2, 0) is 0 Å². The molecule has 0 radical (unpaired) electrons. The molecule has 0 aliphatic heterocycles. The van der Waals surface area contributed by atoms with Crippen molar-refractivity contribution < 1.29 is 18.3 Å². The fourth-order valence-electron chi connectivity index (χ4n) is 1.21. The van der Waals surface area contributed by atoms with E-state index in [2.05, 4.69) is 0 Å². The van der Waals surface area contributed by atoms with Gasteiger partial charge in [-0.15, -0.1) is 0 Å². The highest BCUT2D eigenvalue weighted by atomic mass is 32.2. The van der Waals surface area contributed by atoms with E-state index >= 15 is 0 Å². The van der Waals surface area contributed by atoms with Crippen LogP contribution in [0.4, 0.5) is 13.2 Å². The van der Waals surface area contributed by atoms with Gasteiger partial charge in [-0.3, -0.25) is 0 Å². The molecule has 0 saturated carbocycles. The molecule has 0 aromatic rings. The second-order valence-corrected chi connectivity index (χ2v) is 5.83. The van der Waals surface area contributed by atoms with E-state index in [9.17, 15) is 13.2 Å². The standard InChI is InChI=1S/C9H17F3OS/c1-7(13)6-8(2,3)14-5-4-9(10,11)12/h7,13H,4-6H2,1-3H3. The van der Waals surface area contributed by atoms with Crippen molar-refractivity contribution in [2.24, 2.45) is 0 Å². The fraction of sp³-hybridized carbons (Fsp3) is 1.00. The highest BCUT2D eigenvalue weighted by Gasteiger charge is 2.28. The molecule has 86 valence electrons. The molecule has 0 rings (SSSR count). The van der Waals surface area contributed by atoms with Crippen molar-refractivity contribution in [2.75, 3.05) is 5.75 Å². The Labute approximate surface area is 87.1 Å². The third kappa shape index (κ3) is 8.69. The number of hydrogen-bond donors (Lipinski definition) is 1. The number of rotatable bonds is 5. The topological polar surface area (TPSA) is 20.2 Å². The van der Waals surface area contributed by atoms with Gasteiger partial charge >= 0.3 is 6.18 Å². The first-order valence-electron chi connectivity index (χ1n) is 4.51. The lowest BCUT2D eigenvalue weighted by Gasteiger charge is -2.25. The van der Waals surface area contributed by atoms with E-state index in [4.69, 9.17) is 5.11 Å². The van der Waals surface area contributed by atoms with Gasteiger partial charge in [0.05, 0.1) is 12.5 Å². The summed E-state index contributed by atoms with van der Waals surface area (Å²) in [5, 5.41) is 9.11. The van der Waals surface area contributed by atoms with Gasteiger partial charge in [0, 0.05) is 10.5 Å². The number of hydrogen-bond acceptors (Lipinski definition) is 2. The molecule has 14 heavy (non-hydrogen) atoms. The van der Waals surface area contributed by atoms with Crippen LogP contribution in [0.15, 0.2) is 0 Å². The van der Waals surface area contributed by atoms with Crippen LogP contribution in [0.1, 0.15) is 33.6 Å². The molecule has 0 aliphatic rings. The zero-order valence-electron chi connectivity index (χ0n) is 8.69. The molecule has 0 amide bonds. The summed E-state index contributed by atoms with van der Waals surface area (Å²) < 4.78 is 35.2. The molecule has 1 nitrogen and oxygen atoms in total. The maximum absolute atomic E-state index is 11.8. The number of aliphatic hydroxyl groups is 1. The number of halogens is 3. The van der Waals surface area contributed by atoms with Crippen LogP contribution in [0, 0.1) is 0 Å². The Morgan fingerprint density at radius 3 is 2.14 bits per heavy atom. The first-order chi connectivity index (χ1) is 6.12. The summed E-state index contributed by atoms with van der Waals surface area (Å²) in [6, 6.07) is 0. The average Bonchev–Trinajstić information content (AvgIpc) is 1.78. The normalized spacial score (nSPS) is 15.6. The summed E-state index contributed by atoms with van der Waals surface area (Å²) in [6.45, 7) is 5.34. The highest BCUT2D eigenvalue weighted by molar-refractivity contribution is 8.00. The number of alkyl halides is 3. The largest absolute Gasteiger partial charge is 0.393 e. The molecule has 0 saturated heterocycles. The summed E-state index contributed by atoms with van der Waals surface area (Å²) in [5.74, 6) is 0.0588. The summed E-state index contributed by atoms with van der Waals surface area (Å²) in [6.07, 6.45) is -4.80. The van der Waals surface area contributed by atoms with Crippen LogP contribution in [0.3, 0.4) is 0 Å². The van der Waals surface area contributed by atoms with Gasteiger partial charge in [0.1, 0.15) is 0 Å². The SMILES string of the molecule is CC(O)CC(C)(C)SCCC(F)(F)F. The van der Waals surface area contributed by atoms with E-state index in [1.165, 1.54) is 11.8 Å². The molecule has 0 heterocycles. The molecule has 1 atom stereocenters. The van der Waals surface area contributed by atoms with E-state index in [1.807, 2.05) is 13.8 Å². The molecular weight excluding hydrogens is 213 g/mol. The van der Waals surface area contributed by atoms with Crippen molar-refractivity contribution in [1.29, 1.82) is 0 Å². The van der Waals surface area contributed by atoms with Crippen LogP contribution in [0.25, 0.3) is 0 Å². The van der Waals surface area contributed by atoms with E-state index in [-0.39, 0.29) is 10.5 Å². The van der Waals surface area contributed by atoms with Gasteiger partial charge < -0.3 is 5.11 Å². The smallest absolute Gasteiger partial charge is 0.389 e. The van der Waals surface area contributed by atoms with Crippen molar-refractivity contribution in [3.63, 3.8) is 0 Å². The third-order valence-electron chi connectivity index (χ3n) is 1.67. The minimum Gasteiger partial charge on any atom is -0.393 e. The Hall–Kier alpha value is 0.100. The average molecular weight is 230 g/mol. The zero-order chi connectivity index (χ0) is 11.4. The quantitative estimate of drug-likeness (QED) is 0.782. The first-order valence-corrected chi connectivity index (χ1v) is 5.50. The lowest BCUT2D eigenvalue weighted by molar-refractivity contribution is -0.129. The van der Waals surface area contributed by atoms with Gasteiger partial charge in [-0.1, -0.05) is 13.8 Å². The summed E-state index contributed by atoms with van der Waals surface area (Å²) >= 11 is 1.25. The minimum absolute atomic E-state index is 0.0588.